The number of carbonyl (C=O) groups is 4. The SMILES string of the molecule is CC1(C)[C@@H]2[C@@H](C(=O)Nc3ccnc(C(=O)O)c3)N(C(=O)c3ccc(F)c(F)c3C(=O)O)C[C@@H]21. The van der Waals surface area contributed by atoms with Gasteiger partial charge in [-0.15, -0.1) is 0 Å². The largest absolute Gasteiger partial charge is 0.478 e. The highest BCUT2D eigenvalue weighted by Gasteiger charge is 2.69. The Morgan fingerprint density at radius 1 is 1.12 bits per heavy atom. The van der Waals surface area contributed by atoms with Crippen molar-refractivity contribution in [3.05, 3.63) is 58.9 Å². The summed E-state index contributed by atoms with van der Waals surface area (Å²) < 4.78 is 27.7. The normalized spacial score (nSPS) is 22.4. The van der Waals surface area contributed by atoms with Gasteiger partial charge in [0.1, 0.15) is 17.3 Å². The summed E-state index contributed by atoms with van der Waals surface area (Å²) in [7, 11) is 0. The van der Waals surface area contributed by atoms with E-state index in [4.69, 9.17) is 5.11 Å². The second-order valence-corrected chi connectivity index (χ2v) is 8.67. The van der Waals surface area contributed by atoms with Gasteiger partial charge in [-0.25, -0.2) is 23.4 Å². The maximum atomic E-state index is 14.2. The highest BCUT2D eigenvalue weighted by molar-refractivity contribution is 6.07. The molecule has 1 aromatic heterocycles. The van der Waals surface area contributed by atoms with E-state index in [0.717, 1.165) is 17.0 Å². The summed E-state index contributed by atoms with van der Waals surface area (Å²) in [5.41, 5.74) is -2.06. The summed E-state index contributed by atoms with van der Waals surface area (Å²) in [5.74, 6) is -7.97. The van der Waals surface area contributed by atoms with Crippen LogP contribution in [0.2, 0.25) is 0 Å². The van der Waals surface area contributed by atoms with E-state index in [1.165, 1.54) is 12.3 Å². The Labute approximate surface area is 186 Å². The topological polar surface area (TPSA) is 137 Å². The lowest BCUT2D eigenvalue weighted by Crippen LogP contribution is -2.48. The second-order valence-electron chi connectivity index (χ2n) is 8.67. The third kappa shape index (κ3) is 3.59. The molecule has 2 aromatic rings. The van der Waals surface area contributed by atoms with Crippen LogP contribution in [-0.4, -0.2) is 56.4 Å². The number of pyridine rings is 1. The number of carboxylic acid groups (broad SMARTS) is 2. The molecule has 4 rings (SSSR count). The minimum absolute atomic E-state index is 0.0530. The molecule has 1 aliphatic carbocycles. The molecule has 0 radical (unpaired) electrons. The Bertz CT molecular complexity index is 1210. The van der Waals surface area contributed by atoms with Gasteiger partial charge < -0.3 is 20.4 Å². The highest BCUT2D eigenvalue weighted by Crippen LogP contribution is 2.65. The van der Waals surface area contributed by atoms with Crippen LogP contribution in [0.15, 0.2) is 30.5 Å². The van der Waals surface area contributed by atoms with Gasteiger partial charge in [0, 0.05) is 18.4 Å². The molecule has 2 aliphatic rings. The van der Waals surface area contributed by atoms with E-state index in [0.29, 0.717) is 6.07 Å². The summed E-state index contributed by atoms with van der Waals surface area (Å²) in [5, 5.41) is 21.0. The summed E-state index contributed by atoms with van der Waals surface area (Å²) in [4.78, 5) is 53.9. The molecular weight excluding hydrogens is 440 g/mol. The Hall–Kier alpha value is -3.89. The van der Waals surface area contributed by atoms with Crippen LogP contribution in [0.3, 0.4) is 0 Å². The minimum atomic E-state index is -1.81. The molecule has 1 saturated carbocycles. The van der Waals surface area contributed by atoms with Crippen LogP contribution in [0.25, 0.3) is 0 Å². The van der Waals surface area contributed by atoms with Gasteiger partial charge >= 0.3 is 11.9 Å². The number of carbonyl (C=O) groups excluding carboxylic acids is 2. The Morgan fingerprint density at radius 3 is 2.45 bits per heavy atom. The summed E-state index contributed by atoms with van der Waals surface area (Å²) in [6, 6.07) is 3.08. The van der Waals surface area contributed by atoms with Crippen molar-refractivity contribution in [3.8, 4) is 0 Å². The van der Waals surface area contributed by atoms with Crippen molar-refractivity contribution >= 4 is 29.4 Å². The Morgan fingerprint density at radius 2 is 1.82 bits per heavy atom. The van der Waals surface area contributed by atoms with Gasteiger partial charge in [0.15, 0.2) is 11.6 Å². The van der Waals surface area contributed by atoms with Gasteiger partial charge in [-0.3, -0.25) is 9.59 Å². The third-order valence-corrected chi connectivity index (χ3v) is 6.52. The average Bonchev–Trinajstić information content (AvgIpc) is 3.09. The van der Waals surface area contributed by atoms with E-state index in [9.17, 15) is 33.1 Å². The molecule has 0 unspecified atom stereocenters. The molecule has 11 heteroatoms. The molecule has 0 spiro atoms. The van der Waals surface area contributed by atoms with Crippen molar-refractivity contribution < 1.29 is 38.2 Å². The number of nitrogens with zero attached hydrogens (tertiary/aromatic N) is 2. The van der Waals surface area contributed by atoms with Crippen molar-refractivity contribution in [2.24, 2.45) is 17.3 Å². The molecule has 9 nitrogen and oxygen atoms in total. The first kappa shape index (κ1) is 22.3. The Balaban J connectivity index is 1.67. The number of likely N-dealkylation sites (tertiary alicyclic amines) is 1. The fourth-order valence-corrected chi connectivity index (χ4v) is 4.73. The Kier molecular flexibility index (Phi) is 5.14. The summed E-state index contributed by atoms with van der Waals surface area (Å²) >= 11 is 0. The zero-order chi connectivity index (χ0) is 24.2. The quantitative estimate of drug-likeness (QED) is 0.625. The van der Waals surface area contributed by atoms with Gasteiger partial charge in [-0.2, -0.15) is 0 Å². The van der Waals surface area contributed by atoms with E-state index in [1.54, 1.807) is 0 Å². The molecule has 1 aliphatic heterocycles. The monoisotopic (exact) mass is 459 g/mol. The molecule has 3 atom stereocenters. The van der Waals surface area contributed by atoms with Crippen LogP contribution in [0, 0.1) is 28.9 Å². The number of hydrogen-bond donors (Lipinski definition) is 3. The molecule has 0 bridgehead atoms. The second kappa shape index (κ2) is 7.61. The molecule has 2 amide bonds. The maximum absolute atomic E-state index is 14.2. The van der Waals surface area contributed by atoms with E-state index in [1.807, 2.05) is 13.8 Å². The van der Waals surface area contributed by atoms with Crippen LogP contribution < -0.4 is 5.32 Å². The van der Waals surface area contributed by atoms with Crippen molar-refractivity contribution in [3.63, 3.8) is 0 Å². The number of rotatable bonds is 5. The molecule has 2 fully saturated rings. The van der Waals surface area contributed by atoms with Crippen molar-refractivity contribution in [1.82, 2.24) is 9.88 Å². The van der Waals surface area contributed by atoms with Crippen LogP contribution in [0.4, 0.5) is 14.5 Å². The maximum Gasteiger partial charge on any atom is 0.354 e. The number of nitrogens with one attached hydrogen (secondary N) is 1. The highest BCUT2D eigenvalue weighted by atomic mass is 19.2. The average molecular weight is 459 g/mol. The molecule has 1 aromatic carbocycles. The van der Waals surface area contributed by atoms with Gasteiger partial charge in [-0.05, 0) is 41.5 Å². The molecule has 3 N–H and O–H groups in total. The summed E-state index contributed by atoms with van der Waals surface area (Å²) in [6.07, 6.45) is 1.21. The van der Waals surface area contributed by atoms with E-state index >= 15 is 0 Å². The first-order chi connectivity index (χ1) is 15.4. The number of amides is 2. The number of hydrogen-bond acceptors (Lipinski definition) is 5. The van der Waals surface area contributed by atoms with Crippen LogP contribution in [0.1, 0.15) is 45.1 Å². The molecule has 33 heavy (non-hydrogen) atoms. The van der Waals surface area contributed by atoms with E-state index < -0.39 is 52.6 Å². The number of anilines is 1. The summed E-state index contributed by atoms with van der Waals surface area (Å²) in [6.45, 7) is 3.99. The van der Waals surface area contributed by atoms with Gasteiger partial charge in [-0.1, -0.05) is 13.8 Å². The van der Waals surface area contributed by atoms with Crippen LogP contribution in [-0.2, 0) is 4.79 Å². The lowest BCUT2D eigenvalue weighted by molar-refractivity contribution is -0.120. The lowest BCUT2D eigenvalue weighted by atomic mass is 9.98. The van der Waals surface area contributed by atoms with Gasteiger partial charge in [0.2, 0.25) is 5.91 Å². The number of benzene rings is 1. The van der Waals surface area contributed by atoms with Crippen molar-refractivity contribution in [2.45, 2.75) is 19.9 Å². The molecule has 1 saturated heterocycles. The number of fused-ring (bicyclic) bond motifs is 1. The predicted octanol–water partition coefficient (Wildman–Crippen LogP) is 2.49. The number of aromatic nitrogens is 1. The molecule has 2 heterocycles. The fraction of sp³-hybridized carbons (Fsp3) is 0.318. The van der Waals surface area contributed by atoms with E-state index in [-0.39, 0.29) is 35.2 Å². The zero-order valence-corrected chi connectivity index (χ0v) is 17.5. The first-order valence-electron chi connectivity index (χ1n) is 9.97. The van der Waals surface area contributed by atoms with Crippen LogP contribution >= 0.6 is 0 Å². The lowest BCUT2D eigenvalue weighted by Gasteiger charge is -2.30. The number of halogens is 2. The number of piperidine rings is 1. The predicted molar refractivity (Wildman–Crippen MR) is 109 cm³/mol. The molecule has 172 valence electrons. The fourth-order valence-electron chi connectivity index (χ4n) is 4.73. The van der Waals surface area contributed by atoms with E-state index in [2.05, 4.69) is 10.3 Å². The zero-order valence-electron chi connectivity index (χ0n) is 17.5. The van der Waals surface area contributed by atoms with Crippen LogP contribution in [0.5, 0.6) is 0 Å². The van der Waals surface area contributed by atoms with Crippen molar-refractivity contribution in [1.29, 1.82) is 0 Å². The smallest absolute Gasteiger partial charge is 0.354 e. The van der Waals surface area contributed by atoms with Gasteiger partial charge in [0.05, 0.1) is 5.56 Å². The van der Waals surface area contributed by atoms with Crippen molar-refractivity contribution in [2.75, 3.05) is 11.9 Å². The standard InChI is InChI=1S/C22H19F2N3O6/c1-22(2)11-8-27(19(29)10-3-4-12(23)16(24)14(10)21(32)33)17(15(11)22)18(28)26-9-5-6-25-13(7-9)20(30)31/h3-7,11,15,17H,8H2,1-2H3,(H,30,31)(H,32,33)(H,25,26,28)/t11-,15-,17-/m0/s1. The minimum Gasteiger partial charge on any atom is -0.478 e. The van der Waals surface area contributed by atoms with Gasteiger partial charge in [0.25, 0.3) is 5.91 Å². The molecular formula is C22H19F2N3O6. The number of carboxylic acids is 2. The third-order valence-electron chi connectivity index (χ3n) is 6.52. The first-order valence-corrected chi connectivity index (χ1v) is 9.97. The number of aromatic carboxylic acids is 2.